The Hall–Kier alpha value is -2.06. The zero-order valence-electron chi connectivity index (χ0n) is 10.2. The van der Waals surface area contributed by atoms with Crippen molar-refractivity contribution in [2.24, 2.45) is 0 Å². The van der Waals surface area contributed by atoms with Gasteiger partial charge in [-0.2, -0.15) is 0 Å². The van der Waals surface area contributed by atoms with Gasteiger partial charge in [0.2, 0.25) is 0 Å². The van der Waals surface area contributed by atoms with Gasteiger partial charge in [0.1, 0.15) is 12.4 Å². The Morgan fingerprint density at radius 3 is 2.84 bits per heavy atom. The van der Waals surface area contributed by atoms with Gasteiger partial charge < -0.3 is 4.74 Å². The van der Waals surface area contributed by atoms with E-state index in [-0.39, 0.29) is 0 Å². The second-order valence-corrected chi connectivity index (χ2v) is 4.71. The van der Waals surface area contributed by atoms with E-state index in [1.54, 1.807) is 6.20 Å². The first kappa shape index (κ1) is 12.0. The molecule has 1 aromatic heterocycles. The number of rotatable bonds is 3. The van der Waals surface area contributed by atoms with Crippen molar-refractivity contribution in [3.8, 4) is 5.75 Å². The predicted octanol–water partition coefficient (Wildman–Crippen LogP) is 4.47. The highest BCUT2D eigenvalue weighted by Crippen LogP contribution is 2.20. The molecule has 0 atom stereocenters. The molecule has 3 rings (SSSR count). The normalized spacial score (nSPS) is 10.6. The minimum Gasteiger partial charge on any atom is -0.489 e. The van der Waals surface area contributed by atoms with Crippen LogP contribution in [0.3, 0.4) is 0 Å². The van der Waals surface area contributed by atoms with Gasteiger partial charge in [-0.3, -0.25) is 4.98 Å². The van der Waals surface area contributed by atoms with Crippen molar-refractivity contribution in [2.75, 3.05) is 0 Å². The molecule has 0 spiro atoms. The first-order valence-electron chi connectivity index (χ1n) is 6.03. The van der Waals surface area contributed by atoms with Gasteiger partial charge in [0, 0.05) is 22.7 Å². The summed E-state index contributed by atoms with van der Waals surface area (Å²) >= 11 is 5.94. The maximum atomic E-state index is 5.94. The molecule has 0 aliphatic carbocycles. The summed E-state index contributed by atoms with van der Waals surface area (Å²) in [7, 11) is 0. The van der Waals surface area contributed by atoms with E-state index < -0.39 is 0 Å². The van der Waals surface area contributed by atoms with Crippen molar-refractivity contribution in [1.82, 2.24) is 4.98 Å². The third-order valence-electron chi connectivity index (χ3n) is 2.87. The van der Waals surface area contributed by atoms with Crippen LogP contribution in [0, 0.1) is 0 Å². The van der Waals surface area contributed by atoms with Gasteiger partial charge in [-0.15, -0.1) is 0 Å². The van der Waals surface area contributed by atoms with E-state index >= 15 is 0 Å². The fraction of sp³-hybridized carbons (Fsp3) is 0.0625. The van der Waals surface area contributed by atoms with Gasteiger partial charge in [-0.05, 0) is 35.9 Å². The van der Waals surface area contributed by atoms with E-state index in [9.17, 15) is 0 Å². The quantitative estimate of drug-likeness (QED) is 0.700. The molecule has 94 valence electrons. The number of aromatic nitrogens is 1. The largest absolute Gasteiger partial charge is 0.489 e. The van der Waals surface area contributed by atoms with Crippen LogP contribution in [-0.2, 0) is 6.61 Å². The van der Waals surface area contributed by atoms with Crippen molar-refractivity contribution < 1.29 is 4.74 Å². The summed E-state index contributed by atoms with van der Waals surface area (Å²) in [4.78, 5) is 4.31. The van der Waals surface area contributed by atoms with Crippen LogP contribution in [0.2, 0.25) is 5.02 Å². The molecular weight excluding hydrogens is 258 g/mol. The third kappa shape index (κ3) is 2.85. The molecule has 0 aliphatic heterocycles. The minimum atomic E-state index is 0.499. The predicted molar refractivity (Wildman–Crippen MR) is 77.5 cm³/mol. The molecular formula is C16H12ClNO. The Labute approximate surface area is 116 Å². The van der Waals surface area contributed by atoms with Crippen molar-refractivity contribution in [1.29, 1.82) is 0 Å². The average molecular weight is 270 g/mol. The standard InChI is InChI=1S/C16H12ClNO/c17-14-5-1-3-12(9-14)11-19-15-7-6-13-4-2-8-18-16(13)10-15/h1-10H,11H2. The van der Waals surface area contributed by atoms with E-state index in [4.69, 9.17) is 16.3 Å². The summed E-state index contributed by atoms with van der Waals surface area (Å²) in [6.45, 7) is 0.499. The highest BCUT2D eigenvalue weighted by atomic mass is 35.5. The molecule has 0 aliphatic rings. The van der Waals surface area contributed by atoms with Crippen LogP contribution in [0.5, 0.6) is 5.75 Å². The van der Waals surface area contributed by atoms with Gasteiger partial charge in [-0.1, -0.05) is 29.8 Å². The number of hydrogen-bond donors (Lipinski definition) is 0. The van der Waals surface area contributed by atoms with Gasteiger partial charge in [0.05, 0.1) is 5.52 Å². The number of halogens is 1. The Bertz CT molecular complexity index is 712. The second kappa shape index (κ2) is 5.29. The molecule has 0 fully saturated rings. The second-order valence-electron chi connectivity index (χ2n) is 4.28. The van der Waals surface area contributed by atoms with Crippen LogP contribution < -0.4 is 4.74 Å². The molecule has 0 N–H and O–H groups in total. The summed E-state index contributed by atoms with van der Waals surface area (Å²) in [6.07, 6.45) is 1.78. The molecule has 0 saturated carbocycles. The first-order chi connectivity index (χ1) is 9.31. The maximum absolute atomic E-state index is 5.94. The molecule has 1 heterocycles. The maximum Gasteiger partial charge on any atom is 0.122 e. The number of nitrogens with zero attached hydrogens (tertiary/aromatic N) is 1. The van der Waals surface area contributed by atoms with E-state index in [0.29, 0.717) is 6.61 Å². The van der Waals surface area contributed by atoms with Crippen LogP contribution >= 0.6 is 11.6 Å². The zero-order chi connectivity index (χ0) is 13.1. The van der Waals surface area contributed by atoms with Crippen LogP contribution in [-0.4, -0.2) is 4.98 Å². The number of hydrogen-bond acceptors (Lipinski definition) is 2. The van der Waals surface area contributed by atoms with E-state index in [1.165, 1.54) is 0 Å². The molecule has 0 bridgehead atoms. The molecule has 0 radical (unpaired) electrons. The molecule has 3 aromatic rings. The van der Waals surface area contributed by atoms with Crippen molar-refractivity contribution >= 4 is 22.5 Å². The summed E-state index contributed by atoms with van der Waals surface area (Å²) in [5.41, 5.74) is 1.99. The lowest BCUT2D eigenvalue weighted by atomic mass is 10.2. The van der Waals surface area contributed by atoms with Gasteiger partial charge in [0.15, 0.2) is 0 Å². The smallest absolute Gasteiger partial charge is 0.122 e. The number of fused-ring (bicyclic) bond motifs is 1. The fourth-order valence-electron chi connectivity index (χ4n) is 1.93. The highest BCUT2D eigenvalue weighted by molar-refractivity contribution is 6.30. The lowest BCUT2D eigenvalue weighted by Crippen LogP contribution is -1.95. The topological polar surface area (TPSA) is 22.1 Å². The molecule has 0 unspecified atom stereocenters. The molecule has 3 heteroatoms. The van der Waals surface area contributed by atoms with E-state index in [0.717, 1.165) is 27.2 Å². The SMILES string of the molecule is Clc1cccc(COc2ccc3cccnc3c2)c1. The third-order valence-corrected chi connectivity index (χ3v) is 3.11. The van der Waals surface area contributed by atoms with Gasteiger partial charge >= 0.3 is 0 Å². The van der Waals surface area contributed by atoms with Crippen LogP contribution in [0.4, 0.5) is 0 Å². The van der Waals surface area contributed by atoms with Crippen LogP contribution in [0.1, 0.15) is 5.56 Å². The number of ether oxygens (including phenoxy) is 1. The Morgan fingerprint density at radius 2 is 1.95 bits per heavy atom. The average Bonchev–Trinajstić information content (AvgIpc) is 2.45. The lowest BCUT2D eigenvalue weighted by molar-refractivity contribution is 0.306. The molecule has 19 heavy (non-hydrogen) atoms. The summed E-state index contributed by atoms with van der Waals surface area (Å²) in [5.74, 6) is 0.811. The highest BCUT2D eigenvalue weighted by Gasteiger charge is 1.99. The fourth-order valence-corrected chi connectivity index (χ4v) is 2.14. The van der Waals surface area contributed by atoms with Crippen molar-refractivity contribution in [3.63, 3.8) is 0 Å². The molecule has 0 amide bonds. The summed E-state index contributed by atoms with van der Waals surface area (Å²) in [5, 5.41) is 1.83. The Balaban J connectivity index is 1.78. The van der Waals surface area contributed by atoms with Crippen molar-refractivity contribution in [2.45, 2.75) is 6.61 Å². The first-order valence-corrected chi connectivity index (χ1v) is 6.41. The van der Waals surface area contributed by atoms with Gasteiger partial charge in [0.25, 0.3) is 0 Å². The minimum absolute atomic E-state index is 0.499. The summed E-state index contributed by atoms with van der Waals surface area (Å²) in [6, 6.07) is 17.5. The van der Waals surface area contributed by atoms with Crippen molar-refractivity contribution in [3.05, 3.63) is 71.4 Å². The number of benzene rings is 2. The van der Waals surface area contributed by atoms with Crippen LogP contribution in [0.25, 0.3) is 10.9 Å². The van der Waals surface area contributed by atoms with E-state index in [2.05, 4.69) is 4.98 Å². The van der Waals surface area contributed by atoms with E-state index in [1.807, 2.05) is 54.6 Å². The molecule has 2 nitrogen and oxygen atoms in total. The monoisotopic (exact) mass is 269 g/mol. The number of pyridine rings is 1. The Morgan fingerprint density at radius 1 is 1.00 bits per heavy atom. The summed E-state index contributed by atoms with van der Waals surface area (Å²) < 4.78 is 5.76. The van der Waals surface area contributed by atoms with Crippen LogP contribution in [0.15, 0.2) is 60.8 Å². The van der Waals surface area contributed by atoms with Gasteiger partial charge in [-0.25, -0.2) is 0 Å². The molecule has 2 aromatic carbocycles. The molecule has 0 saturated heterocycles. The Kier molecular flexibility index (Phi) is 3.34. The lowest BCUT2D eigenvalue weighted by Gasteiger charge is -2.07. The zero-order valence-corrected chi connectivity index (χ0v) is 11.0.